The second kappa shape index (κ2) is 12.0. The van der Waals surface area contributed by atoms with E-state index in [4.69, 9.17) is 30.5 Å². The number of phenolic OH excluding ortho intramolecular Hbond substituents is 1. The summed E-state index contributed by atoms with van der Waals surface area (Å²) < 4.78 is 21.5. The predicted molar refractivity (Wildman–Crippen MR) is 138 cm³/mol. The standard InChI is InChI=1S/C28H27ClO6/c1-32-24-14-13-19(12-11-18-15-25(33-2)28(35-4)26(16-18)34-3)22(27(24)31)9-6-10-23(30)20-7-5-8-21(29)17-20/h5-8,10-17,31H,9H2,1-4H3/b10-6-,12-11-. The van der Waals surface area contributed by atoms with E-state index in [1.165, 1.54) is 13.2 Å². The van der Waals surface area contributed by atoms with Crippen LogP contribution in [0.5, 0.6) is 28.7 Å². The van der Waals surface area contributed by atoms with Crippen molar-refractivity contribution in [3.8, 4) is 28.7 Å². The first-order valence-electron chi connectivity index (χ1n) is 10.7. The molecule has 3 rings (SSSR count). The van der Waals surface area contributed by atoms with E-state index in [1.54, 1.807) is 57.7 Å². The van der Waals surface area contributed by atoms with Crippen molar-refractivity contribution < 1.29 is 28.8 Å². The number of allylic oxidation sites excluding steroid dienone is 2. The Hall–Kier alpha value is -3.90. The summed E-state index contributed by atoms with van der Waals surface area (Å²) >= 11 is 5.98. The van der Waals surface area contributed by atoms with Gasteiger partial charge in [-0.05, 0) is 54.0 Å². The third-order valence-electron chi connectivity index (χ3n) is 5.34. The van der Waals surface area contributed by atoms with Crippen molar-refractivity contribution >= 4 is 29.5 Å². The van der Waals surface area contributed by atoms with Gasteiger partial charge in [0, 0.05) is 16.1 Å². The average molecular weight is 495 g/mol. The topological polar surface area (TPSA) is 74.2 Å². The number of carbonyl (C=O) groups excluding carboxylic acids is 1. The minimum absolute atomic E-state index is 0.0133. The molecule has 182 valence electrons. The Labute approximate surface area is 210 Å². The van der Waals surface area contributed by atoms with Crippen LogP contribution >= 0.6 is 11.6 Å². The third kappa shape index (κ3) is 6.16. The van der Waals surface area contributed by atoms with Crippen molar-refractivity contribution in [3.63, 3.8) is 0 Å². The van der Waals surface area contributed by atoms with E-state index in [-0.39, 0.29) is 11.5 Å². The van der Waals surface area contributed by atoms with Crippen LogP contribution in [0.2, 0.25) is 5.02 Å². The van der Waals surface area contributed by atoms with Gasteiger partial charge in [-0.1, -0.05) is 48.0 Å². The number of ketones is 1. The van der Waals surface area contributed by atoms with Gasteiger partial charge in [-0.3, -0.25) is 4.79 Å². The third-order valence-corrected chi connectivity index (χ3v) is 5.58. The minimum Gasteiger partial charge on any atom is -0.504 e. The monoisotopic (exact) mass is 494 g/mol. The molecule has 0 spiro atoms. The molecular formula is C28H27ClO6. The zero-order chi connectivity index (χ0) is 25.4. The van der Waals surface area contributed by atoms with Crippen LogP contribution in [-0.2, 0) is 6.42 Å². The molecule has 1 N–H and O–H groups in total. The van der Waals surface area contributed by atoms with Gasteiger partial charge in [0.1, 0.15) is 0 Å². The second-order valence-electron chi connectivity index (χ2n) is 7.46. The van der Waals surface area contributed by atoms with Gasteiger partial charge in [0.25, 0.3) is 0 Å². The van der Waals surface area contributed by atoms with Gasteiger partial charge >= 0.3 is 0 Å². The molecule has 0 aliphatic rings. The number of methoxy groups -OCH3 is 4. The summed E-state index contributed by atoms with van der Waals surface area (Å²) in [4.78, 5) is 12.5. The highest BCUT2D eigenvalue weighted by Crippen LogP contribution is 2.39. The number of ether oxygens (including phenoxy) is 4. The van der Waals surface area contributed by atoms with Crippen LogP contribution < -0.4 is 18.9 Å². The van der Waals surface area contributed by atoms with Gasteiger partial charge in [0.15, 0.2) is 28.8 Å². The Morgan fingerprint density at radius 2 is 1.57 bits per heavy atom. The van der Waals surface area contributed by atoms with Crippen LogP contribution in [0.3, 0.4) is 0 Å². The number of aromatic hydroxyl groups is 1. The zero-order valence-corrected chi connectivity index (χ0v) is 20.8. The molecule has 0 heterocycles. The van der Waals surface area contributed by atoms with Crippen LogP contribution in [0, 0.1) is 0 Å². The van der Waals surface area contributed by atoms with Crippen LogP contribution in [0.15, 0.2) is 60.7 Å². The molecule has 0 saturated heterocycles. The molecule has 0 bridgehead atoms. The lowest BCUT2D eigenvalue weighted by molar-refractivity contribution is 0.104. The number of carbonyl (C=O) groups is 1. The first-order valence-corrected chi connectivity index (χ1v) is 11.1. The molecule has 0 aliphatic carbocycles. The first kappa shape index (κ1) is 25.7. The average Bonchev–Trinajstić information content (AvgIpc) is 2.87. The van der Waals surface area contributed by atoms with Gasteiger partial charge < -0.3 is 24.1 Å². The molecule has 0 amide bonds. The number of rotatable bonds is 10. The van der Waals surface area contributed by atoms with Gasteiger partial charge in [0.2, 0.25) is 5.75 Å². The van der Waals surface area contributed by atoms with Gasteiger partial charge in [-0.2, -0.15) is 0 Å². The molecule has 35 heavy (non-hydrogen) atoms. The van der Waals surface area contributed by atoms with Crippen molar-refractivity contribution in [2.75, 3.05) is 28.4 Å². The molecule has 0 atom stereocenters. The number of hydrogen-bond donors (Lipinski definition) is 1. The lowest BCUT2D eigenvalue weighted by Crippen LogP contribution is -1.96. The summed E-state index contributed by atoms with van der Waals surface area (Å²) in [5, 5.41) is 11.3. The lowest BCUT2D eigenvalue weighted by Gasteiger charge is -2.13. The fourth-order valence-electron chi connectivity index (χ4n) is 3.57. The smallest absolute Gasteiger partial charge is 0.203 e. The van der Waals surface area contributed by atoms with Crippen molar-refractivity contribution in [2.24, 2.45) is 0 Å². The molecule has 0 radical (unpaired) electrons. The molecular weight excluding hydrogens is 468 g/mol. The van der Waals surface area contributed by atoms with Crippen molar-refractivity contribution in [1.82, 2.24) is 0 Å². The van der Waals surface area contributed by atoms with Crippen molar-refractivity contribution in [3.05, 3.63) is 88.0 Å². The Morgan fingerprint density at radius 3 is 2.17 bits per heavy atom. The fraction of sp³-hybridized carbons (Fsp3) is 0.179. The van der Waals surface area contributed by atoms with Gasteiger partial charge in [0.05, 0.1) is 28.4 Å². The highest BCUT2D eigenvalue weighted by atomic mass is 35.5. The van der Waals surface area contributed by atoms with E-state index in [1.807, 2.05) is 30.4 Å². The summed E-state index contributed by atoms with van der Waals surface area (Å²) in [6.07, 6.45) is 7.22. The highest BCUT2D eigenvalue weighted by molar-refractivity contribution is 6.31. The molecule has 3 aromatic carbocycles. The number of hydrogen-bond acceptors (Lipinski definition) is 6. The van der Waals surface area contributed by atoms with Crippen molar-refractivity contribution in [1.29, 1.82) is 0 Å². The summed E-state index contributed by atoms with van der Waals surface area (Å²) in [5.41, 5.74) is 2.68. The van der Waals surface area contributed by atoms with E-state index >= 15 is 0 Å². The molecule has 0 aromatic heterocycles. The second-order valence-corrected chi connectivity index (χ2v) is 7.89. The molecule has 3 aromatic rings. The van der Waals surface area contributed by atoms with Crippen LogP contribution in [0.4, 0.5) is 0 Å². The quantitative estimate of drug-likeness (QED) is 0.204. The molecule has 7 heteroatoms. The first-order chi connectivity index (χ1) is 16.9. The number of phenols is 1. The minimum atomic E-state index is -0.176. The summed E-state index contributed by atoms with van der Waals surface area (Å²) in [6, 6.07) is 13.9. The van der Waals surface area contributed by atoms with E-state index in [2.05, 4.69) is 0 Å². The summed E-state index contributed by atoms with van der Waals surface area (Å²) in [5.74, 6) is 1.76. The van der Waals surface area contributed by atoms with E-state index in [0.717, 1.165) is 11.1 Å². The summed E-state index contributed by atoms with van der Waals surface area (Å²) in [6.45, 7) is 0. The zero-order valence-electron chi connectivity index (χ0n) is 20.0. The normalized spacial score (nSPS) is 11.1. The number of benzene rings is 3. The predicted octanol–water partition coefficient (Wildman–Crippen LogP) is 6.23. The van der Waals surface area contributed by atoms with Crippen LogP contribution in [0.25, 0.3) is 12.2 Å². The van der Waals surface area contributed by atoms with Gasteiger partial charge in [-0.25, -0.2) is 0 Å². The number of halogens is 1. The maximum atomic E-state index is 12.5. The largest absolute Gasteiger partial charge is 0.504 e. The highest BCUT2D eigenvalue weighted by Gasteiger charge is 2.14. The van der Waals surface area contributed by atoms with Crippen LogP contribution in [0.1, 0.15) is 27.0 Å². The molecule has 0 fully saturated rings. The Bertz CT molecular complexity index is 1240. The summed E-state index contributed by atoms with van der Waals surface area (Å²) in [7, 11) is 6.15. The molecule has 0 unspecified atom stereocenters. The lowest BCUT2D eigenvalue weighted by atomic mass is 10.00. The molecule has 0 saturated carbocycles. The van der Waals surface area contributed by atoms with E-state index < -0.39 is 0 Å². The maximum Gasteiger partial charge on any atom is 0.203 e. The van der Waals surface area contributed by atoms with Crippen LogP contribution in [-0.4, -0.2) is 39.3 Å². The van der Waals surface area contributed by atoms with Gasteiger partial charge in [-0.15, -0.1) is 0 Å². The molecule has 0 aliphatic heterocycles. The van der Waals surface area contributed by atoms with E-state index in [9.17, 15) is 9.90 Å². The van der Waals surface area contributed by atoms with Crippen molar-refractivity contribution in [2.45, 2.75) is 6.42 Å². The Kier molecular flexibility index (Phi) is 8.81. The Morgan fingerprint density at radius 1 is 0.886 bits per heavy atom. The fourth-order valence-corrected chi connectivity index (χ4v) is 3.76. The SMILES string of the molecule is COc1ccc(/C=C\c2cc(OC)c(OC)c(OC)c2)c(C/C=C\C(=O)c2cccc(Cl)c2)c1O. The van der Waals surface area contributed by atoms with E-state index in [0.29, 0.717) is 45.6 Å². The maximum absolute atomic E-state index is 12.5. The molecule has 6 nitrogen and oxygen atoms in total. The Balaban J connectivity index is 1.92.